The fourth-order valence-electron chi connectivity index (χ4n) is 1.54. The predicted molar refractivity (Wildman–Crippen MR) is 72.6 cm³/mol. The highest BCUT2D eigenvalue weighted by atomic mass is 19.1. The lowest BCUT2D eigenvalue weighted by Gasteiger charge is -2.07. The Balaban J connectivity index is 1.78. The van der Waals surface area contributed by atoms with Crippen LogP contribution in [0.25, 0.3) is 0 Å². The number of nitrogens with one attached hydrogen (secondary N) is 1. The molecule has 8 heteroatoms. The number of carbonyl (C=O) groups is 2. The van der Waals surface area contributed by atoms with Gasteiger partial charge in [0.25, 0.3) is 5.91 Å². The number of nitrogens with zero attached hydrogens (tertiary/aromatic N) is 2. The molecule has 0 aliphatic heterocycles. The van der Waals surface area contributed by atoms with E-state index in [4.69, 9.17) is 10.5 Å². The molecule has 2 aromatic rings. The van der Waals surface area contributed by atoms with Crippen LogP contribution in [-0.2, 0) is 20.9 Å². The van der Waals surface area contributed by atoms with Crippen LogP contribution < -0.4 is 11.1 Å². The van der Waals surface area contributed by atoms with Gasteiger partial charge in [0.05, 0.1) is 5.69 Å². The zero-order chi connectivity index (χ0) is 15.2. The third-order valence-electron chi connectivity index (χ3n) is 2.46. The van der Waals surface area contributed by atoms with Crippen molar-refractivity contribution in [1.29, 1.82) is 0 Å². The zero-order valence-corrected chi connectivity index (χ0v) is 11.0. The number of hydrogen-bond donors (Lipinski definition) is 2. The first-order valence-electron chi connectivity index (χ1n) is 6.03. The van der Waals surface area contributed by atoms with Crippen molar-refractivity contribution in [1.82, 2.24) is 9.78 Å². The molecule has 0 aliphatic carbocycles. The molecule has 110 valence electrons. The van der Waals surface area contributed by atoms with Crippen molar-refractivity contribution in [2.24, 2.45) is 0 Å². The molecule has 1 aromatic heterocycles. The van der Waals surface area contributed by atoms with Crippen LogP contribution in [0.1, 0.15) is 0 Å². The van der Waals surface area contributed by atoms with Crippen molar-refractivity contribution in [2.75, 3.05) is 17.7 Å². The molecule has 1 heterocycles. The van der Waals surface area contributed by atoms with E-state index in [9.17, 15) is 14.0 Å². The van der Waals surface area contributed by atoms with E-state index in [0.717, 1.165) is 0 Å². The van der Waals surface area contributed by atoms with Gasteiger partial charge in [-0.2, -0.15) is 5.10 Å². The number of carbonyl (C=O) groups excluding carboxylic acids is 2. The average Bonchev–Trinajstić information content (AvgIpc) is 2.84. The van der Waals surface area contributed by atoms with Gasteiger partial charge in [-0.25, -0.2) is 4.39 Å². The second-order valence-electron chi connectivity index (χ2n) is 4.13. The van der Waals surface area contributed by atoms with Gasteiger partial charge in [0.2, 0.25) is 0 Å². The number of benzene rings is 1. The summed E-state index contributed by atoms with van der Waals surface area (Å²) in [6, 6.07) is 7.22. The Morgan fingerprint density at radius 3 is 2.76 bits per heavy atom. The number of nitrogens with two attached hydrogens (primary N) is 1. The van der Waals surface area contributed by atoms with Gasteiger partial charge in [-0.1, -0.05) is 12.1 Å². The molecule has 21 heavy (non-hydrogen) atoms. The number of amides is 1. The fraction of sp³-hybridized carbons (Fsp3) is 0.154. The first kappa shape index (κ1) is 14.5. The monoisotopic (exact) mass is 292 g/mol. The van der Waals surface area contributed by atoms with Crippen LogP contribution in [0.15, 0.2) is 36.5 Å². The van der Waals surface area contributed by atoms with Crippen molar-refractivity contribution >= 4 is 23.4 Å². The quantitative estimate of drug-likeness (QED) is 0.794. The lowest BCUT2D eigenvalue weighted by atomic mass is 10.3. The van der Waals surface area contributed by atoms with E-state index in [2.05, 4.69) is 10.4 Å². The molecule has 0 spiro atoms. The second-order valence-corrected chi connectivity index (χ2v) is 4.13. The Labute approximate surface area is 119 Å². The molecule has 0 fully saturated rings. The first-order chi connectivity index (χ1) is 10.0. The van der Waals surface area contributed by atoms with Gasteiger partial charge in [0, 0.05) is 6.20 Å². The minimum atomic E-state index is -0.651. The Bertz CT molecular complexity index is 656. The third-order valence-corrected chi connectivity index (χ3v) is 2.46. The van der Waals surface area contributed by atoms with Gasteiger partial charge in [0.15, 0.2) is 6.61 Å². The molecule has 7 nitrogen and oxygen atoms in total. The Morgan fingerprint density at radius 2 is 2.10 bits per heavy atom. The summed E-state index contributed by atoms with van der Waals surface area (Å²) >= 11 is 0. The van der Waals surface area contributed by atoms with Gasteiger partial charge in [-0.15, -0.1) is 0 Å². The van der Waals surface area contributed by atoms with Crippen molar-refractivity contribution in [3.05, 3.63) is 42.3 Å². The van der Waals surface area contributed by atoms with E-state index in [1.54, 1.807) is 6.07 Å². The minimum absolute atomic E-state index is 0.0263. The molecule has 0 atom stereocenters. The smallest absolute Gasteiger partial charge is 0.328 e. The van der Waals surface area contributed by atoms with Crippen LogP contribution in [0, 0.1) is 5.82 Å². The Morgan fingerprint density at radius 1 is 1.33 bits per heavy atom. The molecule has 0 radical (unpaired) electrons. The maximum Gasteiger partial charge on any atom is 0.328 e. The number of anilines is 2. The zero-order valence-electron chi connectivity index (χ0n) is 11.0. The Kier molecular flexibility index (Phi) is 4.50. The summed E-state index contributed by atoms with van der Waals surface area (Å²) < 4.78 is 19.3. The molecule has 0 unspecified atom stereocenters. The van der Waals surface area contributed by atoms with Crippen molar-refractivity contribution in [2.45, 2.75) is 6.54 Å². The van der Waals surface area contributed by atoms with E-state index in [1.165, 1.54) is 35.1 Å². The highest BCUT2D eigenvalue weighted by Gasteiger charge is 2.10. The molecule has 0 saturated carbocycles. The highest BCUT2D eigenvalue weighted by Crippen LogP contribution is 2.11. The number of ether oxygens (including phenoxy) is 1. The van der Waals surface area contributed by atoms with Crippen LogP contribution >= 0.6 is 0 Å². The van der Waals surface area contributed by atoms with Crippen LogP contribution in [0.4, 0.5) is 15.9 Å². The van der Waals surface area contributed by atoms with E-state index in [-0.39, 0.29) is 18.1 Å². The molecule has 2 rings (SSSR count). The highest BCUT2D eigenvalue weighted by molar-refractivity contribution is 5.92. The molecule has 3 N–H and O–H groups in total. The standard InChI is InChI=1S/C13H13FN4O3/c14-9-3-1-2-4-10(9)16-12(19)8-21-13(20)7-18-6-5-11(15)17-18/h1-6H,7-8H2,(H2,15,17)(H,16,19). The van der Waals surface area contributed by atoms with E-state index < -0.39 is 24.3 Å². The van der Waals surface area contributed by atoms with Crippen LogP contribution in [0.3, 0.4) is 0 Å². The van der Waals surface area contributed by atoms with Gasteiger partial charge in [-0.05, 0) is 18.2 Å². The number of esters is 1. The average molecular weight is 292 g/mol. The topological polar surface area (TPSA) is 99.2 Å². The summed E-state index contributed by atoms with van der Waals surface area (Å²) in [5.41, 5.74) is 5.42. The summed E-state index contributed by atoms with van der Waals surface area (Å²) in [4.78, 5) is 23.0. The molecule has 1 aromatic carbocycles. The largest absolute Gasteiger partial charge is 0.454 e. The predicted octanol–water partition coefficient (Wildman–Crippen LogP) is 0.786. The number of rotatable bonds is 5. The van der Waals surface area contributed by atoms with Crippen LogP contribution in [-0.4, -0.2) is 28.3 Å². The maximum absolute atomic E-state index is 13.3. The summed E-state index contributed by atoms with van der Waals surface area (Å²) in [5, 5.41) is 6.10. The van der Waals surface area contributed by atoms with Gasteiger partial charge >= 0.3 is 5.97 Å². The lowest BCUT2D eigenvalue weighted by Crippen LogP contribution is -2.23. The third kappa shape index (κ3) is 4.30. The van der Waals surface area contributed by atoms with Crippen molar-refractivity contribution in [3.8, 4) is 0 Å². The molecule has 1 amide bonds. The van der Waals surface area contributed by atoms with Crippen molar-refractivity contribution in [3.63, 3.8) is 0 Å². The summed E-state index contributed by atoms with van der Waals surface area (Å²) in [6.07, 6.45) is 1.51. The normalized spacial score (nSPS) is 10.1. The van der Waals surface area contributed by atoms with Gasteiger partial charge in [-0.3, -0.25) is 14.3 Å². The molecular formula is C13H13FN4O3. The number of hydrogen-bond acceptors (Lipinski definition) is 5. The summed E-state index contributed by atoms with van der Waals surface area (Å²) in [6.45, 7) is -0.673. The second kappa shape index (κ2) is 6.51. The minimum Gasteiger partial charge on any atom is -0.454 e. The SMILES string of the molecule is Nc1ccn(CC(=O)OCC(=O)Nc2ccccc2F)n1. The molecule has 0 saturated heterocycles. The number of halogens is 1. The number of para-hydroxylation sites is 1. The molecule has 0 bridgehead atoms. The maximum atomic E-state index is 13.3. The van der Waals surface area contributed by atoms with E-state index in [0.29, 0.717) is 0 Å². The van der Waals surface area contributed by atoms with Crippen LogP contribution in [0.2, 0.25) is 0 Å². The van der Waals surface area contributed by atoms with Crippen molar-refractivity contribution < 1.29 is 18.7 Å². The molecular weight excluding hydrogens is 279 g/mol. The van der Waals surface area contributed by atoms with E-state index >= 15 is 0 Å². The number of aromatic nitrogens is 2. The lowest BCUT2D eigenvalue weighted by molar-refractivity contribution is -0.148. The summed E-state index contributed by atoms with van der Waals surface area (Å²) in [7, 11) is 0. The van der Waals surface area contributed by atoms with Gasteiger partial charge < -0.3 is 15.8 Å². The van der Waals surface area contributed by atoms with Gasteiger partial charge in [0.1, 0.15) is 18.2 Å². The first-order valence-corrected chi connectivity index (χ1v) is 6.03. The Hall–Kier alpha value is -2.90. The van der Waals surface area contributed by atoms with E-state index in [1.807, 2.05) is 0 Å². The molecule has 0 aliphatic rings. The number of nitrogen functional groups attached to an aromatic ring is 1. The summed E-state index contributed by atoms with van der Waals surface area (Å²) in [5.74, 6) is -1.57. The van der Waals surface area contributed by atoms with Crippen LogP contribution in [0.5, 0.6) is 0 Å². The fourth-order valence-corrected chi connectivity index (χ4v) is 1.54.